The summed E-state index contributed by atoms with van der Waals surface area (Å²) in [6.45, 7) is 4.44. The molecule has 1 atom stereocenters. The fraction of sp³-hybridized carbons (Fsp3) is 0.182. The smallest absolute Gasteiger partial charge is 0.108 e. The van der Waals surface area contributed by atoms with Gasteiger partial charge in [0.25, 0.3) is 0 Å². The number of hydrogen-bond acceptors (Lipinski definition) is 3. The lowest BCUT2D eigenvalue weighted by molar-refractivity contribution is 0.760. The van der Waals surface area contributed by atoms with Gasteiger partial charge in [0.2, 0.25) is 0 Å². The van der Waals surface area contributed by atoms with Crippen molar-refractivity contribution in [2.24, 2.45) is 0 Å². The molecule has 3 heteroatoms. The van der Waals surface area contributed by atoms with Crippen LogP contribution in [0.4, 0.5) is 28.4 Å². The van der Waals surface area contributed by atoms with Gasteiger partial charge < -0.3 is 15.1 Å². The van der Waals surface area contributed by atoms with E-state index in [4.69, 9.17) is 0 Å². The fourth-order valence-corrected chi connectivity index (χ4v) is 3.78. The summed E-state index contributed by atoms with van der Waals surface area (Å²) < 4.78 is 0. The van der Waals surface area contributed by atoms with Crippen molar-refractivity contribution in [3.63, 3.8) is 0 Å². The number of anilines is 5. The maximum Gasteiger partial charge on any atom is 0.108 e. The Kier molecular flexibility index (Phi) is 3.85. The van der Waals surface area contributed by atoms with Crippen molar-refractivity contribution in [2.45, 2.75) is 20.0 Å². The molecule has 0 fully saturated rings. The van der Waals surface area contributed by atoms with Gasteiger partial charge in [-0.2, -0.15) is 0 Å². The van der Waals surface area contributed by atoms with E-state index in [1.165, 1.54) is 28.3 Å². The molecule has 0 aromatic heterocycles. The molecule has 0 radical (unpaired) electrons. The van der Waals surface area contributed by atoms with Gasteiger partial charge in [-0.25, -0.2) is 0 Å². The minimum Gasteiger partial charge on any atom is -0.386 e. The van der Waals surface area contributed by atoms with Gasteiger partial charge in [-0.1, -0.05) is 42.5 Å². The number of rotatable bonds is 3. The van der Waals surface area contributed by atoms with Crippen molar-refractivity contribution >= 4 is 28.4 Å². The standard InChI is InChI=1S/C22H23N3/c1-16-10-4-6-12-19(16)24-17(2)25(22-15-9-8-14-21(22)24)20-13-7-5-11-18(20)23-3/h4-15,17,23H,1-3H3. The zero-order valence-electron chi connectivity index (χ0n) is 14.9. The highest BCUT2D eigenvalue weighted by atomic mass is 15.4. The molecule has 1 N–H and O–H groups in total. The summed E-state index contributed by atoms with van der Waals surface area (Å²) in [6, 6.07) is 25.7. The summed E-state index contributed by atoms with van der Waals surface area (Å²) in [5.74, 6) is 0. The lowest BCUT2D eigenvalue weighted by Crippen LogP contribution is -2.35. The van der Waals surface area contributed by atoms with Crippen LogP contribution in [0.1, 0.15) is 12.5 Å². The number of benzene rings is 3. The average molecular weight is 329 g/mol. The Bertz CT molecular complexity index is 903. The molecule has 1 aliphatic rings. The van der Waals surface area contributed by atoms with Crippen molar-refractivity contribution in [3.05, 3.63) is 78.4 Å². The van der Waals surface area contributed by atoms with Crippen molar-refractivity contribution in [2.75, 3.05) is 22.2 Å². The van der Waals surface area contributed by atoms with Crippen LogP contribution in [0.15, 0.2) is 72.8 Å². The maximum absolute atomic E-state index is 3.33. The molecule has 3 aromatic carbocycles. The molecule has 1 heterocycles. The zero-order valence-corrected chi connectivity index (χ0v) is 14.9. The molecule has 0 saturated heterocycles. The second kappa shape index (κ2) is 6.17. The molecule has 0 saturated carbocycles. The molecule has 0 amide bonds. The Balaban J connectivity index is 1.90. The summed E-state index contributed by atoms with van der Waals surface area (Å²) in [6.07, 6.45) is 0.188. The van der Waals surface area contributed by atoms with Gasteiger partial charge in [-0.3, -0.25) is 0 Å². The van der Waals surface area contributed by atoms with Gasteiger partial charge in [-0.15, -0.1) is 0 Å². The molecule has 1 aliphatic heterocycles. The average Bonchev–Trinajstić information content (AvgIpc) is 2.94. The fourth-order valence-electron chi connectivity index (χ4n) is 3.78. The molecule has 25 heavy (non-hydrogen) atoms. The van der Waals surface area contributed by atoms with E-state index in [2.05, 4.69) is 102 Å². The Labute approximate surface area is 149 Å². The van der Waals surface area contributed by atoms with Crippen LogP contribution in [0.2, 0.25) is 0 Å². The summed E-state index contributed by atoms with van der Waals surface area (Å²) in [5.41, 5.74) is 7.35. The van der Waals surface area contributed by atoms with Gasteiger partial charge in [0.15, 0.2) is 0 Å². The second-order valence-corrected chi connectivity index (χ2v) is 6.41. The van der Waals surface area contributed by atoms with Crippen LogP contribution in [0, 0.1) is 6.92 Å². The van der Waals surface area contributed by atoms with E-state index in [0.29, 0.717) is 0 Å². The lowest BCUT2D eigenvalue weighted by Gasteiger charge is -2.32. The Morgan fingerprint density at radius 2 is 1.16 bits per heavy atom. The van der Waals surface area contributed by atoms with Crippen LogP contribution >= 0.6 is 0 Å². The third-order valence-corrected chi connectivity index (χ3v) is 4.96. The van der Waals surface area contributed by atoms with E-state index in [0.717, 1.165) is 5.69 Å². The Morgan fingerprint density at radius 3 is 1.76 bits per heavy atom. The SMILES string of the molecule is CNc1ccccc1N1c2ccccc2N(c2ccccc2C)C1C. The number of nitrogens with zero attached hydrogens (tertiary/aromatic N) is 2. The number of hydrogen-bond donors (Lipinski definition) is 1. The normalized spacial score (nSPS) is 16.0. The quantitative estimate of drug-likeness (QED) is 0.667. The van der Waals surface area contributed by atoms with E-state index in [1.807, 2.05) is 7.05 Å². The monoisotopic (exact) mass is 329 g/mol. The van der Waals surface area contributed by atoms with E-state index >= 15 is 0 Å². The molecular weight excluding hydrogens is 306 g/mol. The Morgan fingerprint density at radius 1 is 0.680 bits per heavy atom. The maximum atomic E-state index is 3.33. The molecule has 3 nitrogen and oxygen atoms in total. The first kappa shape index (κ1) is 15.6. The van der Waals surface area contributed by atoms with Crippen LogP contribution < -0.4 is 15.1 Å². The van der Waals surface area contributed by atoms with Gasteiger partial charge in [0.05, 0.1) is 22.7 Å². The third-order valence-electron chi connectivity index (χ3n) is 4.96. The first-order valence-corrected chi connectivity index (χ1v) is 8.72. The number of para-hydroxylation sites is 5. The molecule has 126 valence electrons. The minimum atomic E-state index is 0.188. The highest BCUT2D eigenvalue weighted by molar-refractivity contribution is 5.91. The predicted octanol–water partition coefficient (Wildman–Crippen LogP) is 5.67. The molecule has 0 aliphatic carbocycles. The predicted molar refractivity (Wildman–Crippen MR) is 107 cm³/mol. The van der Waals surface area contributed by atoms with Crippen LogP contribution in [-0.2, 0) is 0 Å². The third kappa shape index (κ3) is 2.43. The summed E-state index contributed by atoms with van der Waals surface area (Å²) in [5, 5.41) is 3.33. The van der Waals surface area contributed by atoms with Gasteiger partial charge in [0, 0.05) is 12.7 Å². The van der Waals surface area contributed by atoms with Gasteiger partial charge >= 0.3 is 0 Å². The van der Waals surface area contributed by atoms with Gasteiger partial charge in [0.1, 0.15) is 6.17 Å². The molecule has 0 spiro atoms. The first-order valence-electron chi connectivity index (χ1n) is 8.72. The topological polar surface area (TPSA) is 18.5 Å². The molecule has 4 rings (SSSR count). The summed E-state index contributed by atoms with van der Waals surface area (Å²) >= 11 is 0. The highest BCUT2D eigenvalue weighted by Gasteiger charge is 2.35. The second-order valence-electron chi connectivity index (χ2n) is 6.41. The largest absolute Gasteiger partial charge is 0.386 e. The van der Waals surface area contributed by atoms with Gasteiger partial charge in [-0.05, 0) is 49.7 Å². The van der Waals surface area contributed by atoms with Crippen molar-refractivity contribution < 1.29 is 0 Å². The van der Waals surface area contributed by atoms with Crippen molar-refractivity contribution in [1.29, 1.82) is 0 Å². The van der Waals surface area contributed by atoms with Crippen LogP contribution in [0.5, 0.6) is 0 Å². The molecule has 0 bridgehead atoms. The van der Waals surface area contributed by atoms with E-state index in [9.17, 15) is 0 Å². The summed E-state index contributed by atoms with van der Waals surface area (Å²) in [4.78, 5) is 4.84. The summed E-state index contributed by atoms with van der Waals surface area (Å²) in [7, 11) is 1.98. The van der Waals surface area contributed by atoms with Crippen molar-refractivity contribution in [1.82, 2.24) is 0 Å². The van der Waals surface area contributed by atoms with Crippen molar-refractivity contribution in [3.8, 4) is 0 Å². The van der Waals surface area contributed by atoms with Crippen LogP contribution in [-0.4, -0.2) is 13.2 Å². The molecule has 1 unspecified atom stereocenters. The highest BCUT2D eigenvalue weighted by Crippen LogP contribution is 2.49. The minimum absolute atomic E-state index is 0.188. The number of fused-ring (bicyclic) bond motifs is 1. The molecular formula is C22H23N3. The number of nitrogens with one attached hydrogen (secondary N) is 1. The first-order chi connectivity index (χ1) is 12.2. The zero-order chi connectivity index (χ0) is 17.4. The lowest BCUT2D eigenvalue weighted by atomic mass is 10.1. The van der Waals surface area contributed by atoms with E-state index in [-0.39, 0.29) is 6.17 Å². The van der Waals surface area contributed by atoms with Crippen LogP contribution in [0.3, 0.4) is 0 Å². The Hall–Kier alpha value is -2.94. The van der Waals surface area contributed by atoms with Crippen LogP contribution in [0.25, 0.3) is 0 Å². The van der Waals surface area contributed by atoms with E-state index in [1.54, 1.807) is 0 Å². The molecule has 3 aromatic rings. The van der Waals surface area contributed by atoms with E-state index < -0.39 is 0 Å². The number of aryl methyl sites for hydroxylation is 1.